The second-order valence-corrected chi connectivity index (χ2v) is 59.2. The minimum Gasteiger partial charge on any atom is -0.171 e. The zero-order valence-electron chi connectivity index (χ0n) is 8.56. The quantitative estimate of drug-likeness (QED) is 0.285. The summed E-state index contributed by atoms with van der Waals surface area (Å²) in [6.07, 6.45) is -2.03. The molecule has 0 bridgehead atoms. The van der Waals surface area contributed by atoms with E-state index in [4.69, 9.17) is 111 Å². The van der Waals surface area contributed by atoms with Gasteiger partial charge in [-0.15, -0.1) is 88.6 Å². The van der Waals surface area contributed by atoms with Gasteiger partial charge >= 0.3 is 11.0 Å². The van der Waals surface area contributed by atoms with Crippen LogP contribution in [0.25, 0.3) is 0 Å². The molecule has 0 aromatic rings. The molecule has 18 heavy (non-hydrogen) atoms. The van der Waals surface area contributed by atoms with Gasteiger partial charge in [-0.1, -0.05) is 6.42 Å². The first kappa shape index (κ1) is 22.0. The lowest BCUT2D eigenvalue weighted by Gasteiger charge is -2.25. The van der Waals surface area contributed by atoms with Gasteiger partial charge in [0.25, 0.3) is 6.21 Å². The summed E-state index contributed by atoms with van der Waals surface area (Å²) in [4.78, 5) is 0. The van der Waals surface area contributed by atoms with Crippen LogP contribution >= 0.6 is 111 Å². The van der Waals surface area contributed by atoms with E-state index in [9.17, 15) is 0 Å². The van der Waals surface area contributed by atoms with Gasteiger partial charge in [0.2, 0.25) is 7.14 Å². The SMILES string of the molecule is Cl[SiH](CCC[Si](Cl)(Cl)[SiH](Cl)[Si](Cl)(Cl)Cl)[Si](Cl)(Cl)Cl. The summed E-state index contributed by atoms with van der Waals surface area (Å²) in [5.41, 5.74) is -5.74. The van der Waals surface area contributed by atoms with Crippen LogP contribution < -0.4 is 0 Å². The molecule has 110 valence electrons. The van der Waals surface area contributed by atoms with Crippen LogP contribution in [0.2, 0.25) is 12.1 Å². The molecule has 0 saturated heterocycles. The molecule has 2 atom stereocenters. The maximum absolute atomic E-state index is 6.27. The highest BCUT2D eigenvalue weighted by molar-refractivity contribution is 8.07. The van der Waals surface area contributed by atoms with E-state index in [0.717, 1.165) is 0 Å². The first-order valence-electron chi connectivity index (χ1n) is 4.58. The Morgan fingerprint density at radius 3 is 1.50 bits per heavy atom. The van der Waals surface area contributed by atoms with Crippen LogP contribution in [-0.2, 0) is 0 Å². The van der Waals surface area contributed by atoms with Crippen LogP contribution in [0.3, 0.4) is 0 Å². The molecule has 0 aliphatic heterocycles. The highest BCUT2D eigenvalue weighted by atomic mass is 35.9. The molecule has 0 heterocycles. The Balaban J connectivity index is 4.29. The van der Waals surface area contributed by atoms with E-state index in [1.54, 1.807) is 0 Å². The number of halogens is 10. The van der Waals surface area contributed by atoms with Crippen molar-refractivity contribution in [1.82, 2.24) is 0 Å². The van der Waals surface area contributed by atoms with Gasteiger partial charge in [-0.3, -0.25) is 0 Å². The predicted octanol–water partition coefficient (Wildman–Crippen LogP) is 5.77. The van der Waals surface area contributed by atoms with Crippen LogP contribution in [0.5, 0.6) is 0 Å². The lowest BCUT2D eigenvalue weighted by Crippen LogP contribution is -2.50. The van der Waals surface area contributed by atoms with Crippen molar-refractivity contribution in [2.75, 3.05) is 0 Å². The summed E-state index contributed by atoms with van der Waals surface area (Å²) in [6.45, 7) is 0. The lowest BCUT2D eigenvalue weighted by atomic mass is 10.6. The third kappa shape index (κ3) is 8.57. The van der Waals surface area contributed by atoms with Gasteiger partial charge in [0.15, 0.2) is 7.62 Å². The zero-order valence-corrected chi connectivity index (χ0v) is 21.4. The third-order valence-corrected chi connectivity index (χ3v) is 66.3. The van der Waals surface area contributed by atoms with Crippen LogP contribution in [0.4, 0.5) is 0 Å². The van der Waals surface area contributed by atoms with Crippen molar-refractivity contribution in [3.05, 3.63) is 0 Å². The topological polar surface area (TPSA) is 0 Å². The van der Waals surface area contributed by atoms with Crippen molar-refractivity contribution < 1.29 is 0 Å². The van der Waals surface area contributed by atoms with Crippen LogP contribution in [0.1, 0.15) is 6.42 Å². The van der Waals surface area contributed by atoms with Gasteiger partial charge in [-0.25, -0.2) is 0 Å². The Labute approximate surface area is 159 Å². The van der Waals surface area contributed by atoms with Gasteiger partial charge in [0, 0.05) is 0 Å². The smallest absolute Gasteiger partial charge is 0.171 e. The largest absolute Gasteiger partial charge is 0.338 e. The van der Waals surface area contributed by atoms with Gasteiger partial charge in [0.1, 0.15) is 0 Å². The van der Waals surface area contributed by atoms with Crippen LogP contribution in [-0.4, -0.2) is 32.0 Å². The van der Waals surface area contributed by atoms with E-state index >= 15 is 0 Å². The van der Waals surface area contributed by atoms with Gasteiger partial charge in [0.05, 0.1) is 0 Å². The number of hydrogen-bond donors (Lipinski definition) is 0. The molecule has 0 aromatic heterocycles. The second kappa shape index (κ2) is 8.73. The van der Waals surface area contributed by atoms with Gasteiger partial charge in [-0.2, -0.15) is 22.2 Å². The summed E-state index contributed by atoms with van der Waals surface area (Å²) in [5, 5.41) is 0. The highest BCUT2D eigenvalue weighted by Crippen LogP contribution is 2.38. The summed E-state index contributed by atoms with van der Waals surface area (Å²) in [6, 6.07) is 1.18. The standard InChI is InChI=1S/C3H8Cl10Si5/c4-14(17(8,9)10)2-1-3-16(6,7)15(5)18(11,12)13/h14-15H,1-3H2. The van der Waals surface area contributed by atoms with Crippen LogP contribution in [0, 0.1) is 0 Å². The van der Waals surface area contributed by atoms with E-state index < -0.39 is 32.0 Å². The number of rotatable bonds is 7. The molecule has 0 fully saturated rings. The van der Waals surface area contributed by atoms with Crippen molar-refractivity contribution in [2.45, 2.75) is 18.5 Å². The molecule has 0 saturated carbocycles. The molecule has 0 amide bonds. The molecule has 0 spiro atoms. The summed E-state index contributed by atoms with van der Waals surface area (Å²) in [7, 11) is -4.10. The highest BCUT2D eigenvalue weighted by Gasteiger charge is 2.53. The molecule has 0 aromatic carbocycles. The fraction of sp³-hybridized carbons (Fsp3) is 1.00. The normalized spacial score (nSPS) is 17.7. The van der Waals surface area contributed by atoms with E-state index in [1.165, 1.54) is 0 Å². The molecule has 0 nitrogen and oxygen atoms in total. The maximum atomic E-state index is 6.27. The van der Waals surface area contributed by atoms with Gasteiger partial charge < -0.3 is 0 Å². The molecule has 2 unspecified atom stereocenters. The minimum absolute atomic E-state index is 0.531. The van der Waals surface area contributed by atoms with Crippen molar-refractivity contribution >= 4 is 143 Å². The maximum Gasteiger partial charge on any atom is 0.338 e. The van der Waals surface area contributed by atoms with Crippen molar-refractivity contribution in [3.63, 3.8) is 0 Å². The molecule has 0 rings (SSSR count). The molecule has 15 heteroatoms. The van der Waals surface area contributed by atoms with E-state index in [-0.39, 0.29) is 0 Å². The monoisotopic (exact) mass is 534 g/mol. The lowest BCUT2D eigenvalue weighted by molar-refractivity contribution is 1.06. The number of hydrogen-bond acceptors (Lipinski definition) is 0. The third-order valence-electron chi connectivity index (χ3n) is 1.98. The fourth-order valence-corrected chi connectivity index (χ4v) is 51.9. The van der Waals surface area contributed by atoms with Crippen LogP contribution in [0.15, 0.2) is 0 Å². The Morgan fingerprint density at radius 2 is 1.17 bits per heavy atom. The first-order chi connectivity index (χ1) is 7.78. The Morgan fingerprint density at radius 1 is 0.722 bits per heavy atom. The van der Waals surface area contributed by atoms with E-state index in [0.29, 0.717) is 18.5 Å². The van der Waals surface area contributed by atoms with E-state index in [1.807, 2.05) is 0 Å². The van der Waals surface area contributed by atoms with Gasteiger partial charge in [-0.05, 0) is 12.1 Å². The fourth-order valence-electron chi connectivity index (χ4n) is 1.05. The van der Waals surface area contributed by atoms with Crippen molar-refractivity contribution in [1.29, 1.82) is 0 Å². The first-order valence-corrected chi connectivity index (χ1v) is 28.6. The Kier molecular flexibility index (Phi) is 10.7. The van der Waals surface area contributed by atoms with Crippen molar-refractivity contribution in [3.8, 4) is 0 Å². The summed E-state index contributed by atoms with van der Waals surface area (Å²) in [5.74, 6) is 0. The predicted molar refractivity (Wildman–Crippen MR) is 104 cm³/mol. The van der Waals surface area contributed by atoms with E-state index in [2.05, 4.69) is 0 Å². The molecule has 0 aliphatic carbocycles. The molecule has 0 aliphatic rings. The average Bonchev–Trinajstić information content (AvgIpc) is 2.13. The Hall–Kier alpha value is 3.98. The summed E-state index contributed by atoms with van der Waals surface area (Å²) < 4.78 is 0. The second-order valence-electron chi connectivity index (χ2n) is 3.57. The molecular formula is C3H8Cl10Si5. The average molecular weight is 539 g/mol. The molecular weight excluding hydrogens is 531 g/mol. The molecule has 0 N–H and O–H groups in total. The minimum atomic E-state index is -2.98. The zero-order chi connectivity index (χ0) is 14.8. The Bertz CT molecular complexity index is 259. The summed E-state index contributed by atoms with van der Waals surface area (Å²) >= 11 is 59.9. The molecule has 0 radical (unpaired) electrons. The van der Waals surface area contributed by atoms with Crippen molar-refractivity contribution in [2.24, 2.45) is 0 Å².